The van der Waals surface area contributed by atoms with Gasteiger partial charge in [0.25, 0.3) is 0 Å². The van der Waals surface area contributed by atoms with Crippen molar-refractivity contribution in [3.05, 3.63) is 206 Å². The summed E-state index contributed by atoms with van der Waals surface area (Å²) in [6.07, 6.45) is 0. The normalized spacial score (nSPS) is 11.7. The highest BCUT2D eigenvalue weighted by molar-refractivity contribution is 7.26. The molecule has 0 radical (unpaired) electrons. The van der Waals surface area contributed by atoms with E-state index in [2.05, 4.69) is 197 Å². The van der Waals surface area contributed by atoms with Crippen LogP contribution in [0.25, 0.3) is 109 Å². The van der Waals surface area contributed by atoms with E-state index in [1.54, 1.807) is 0 Å². The maximum absolute atomic E-state index is 9.82. The van der Waals surface area contributed by atoms with Gasteiger partial charge in [-0.3, -0.25) is 0 Å². The third-order valence-corrected chi connectivity index (χ3v) is 13.2. The molecule has 59 heavy (non-hydrogen) atoms. The van der Waals surface area contributed by atoms with Crippen LogP contribution < -0.4 is 0 Å². The molecule has 0 fully saturated rings. The van der Waals surface area contributed by atoms with E-state index in [0.29, 0.717) is 5.56 Å². The topological polar surface area (TPSA) is 33.6 Å². The van der Waals surface area contributed by atoms with Crippen LogP contribution >= 0.6 is 11.3 Å². The molecular weight excluding hydrogens is 735 g/mol. The highest BCUT2D eigenvalue weighted by atomic mass is 32.1. The Labute approximate surface area is 344 Å². The SMILES string of the molecule is N#Cc1cccc(-n2c3ccc(-c4ccc(-c5ccc6c(c5)c5ccccc5n6-c5ccccc5)cc4)cc3c3cc(-c4cccc5c4sc4ccccc45)ccc32)c1. The molecule has 0 aliphatic heterocycles. The molecule has 0 amide bonds. The Morgan fingerprint density at radius 1 is 0.356 bits per heavy atom. The average Bonchev–Trinajstić information content (AvgIpc) is 3.96. The van der Waals surface area contributed by atoms with Gasteiger partial charge in [-0.05, 0) is 112 Å². The second kappa shape index (κ2) is 13.2. The number of para-hydroxylation sites is 2. The smallest absolute Gasteiger partial charge is 0.0992 e. The lowest BCUT2D eigenvalue weighted by Crippen LogP contribution is -1.94. The van der Waals surface area contributed by atoms with Crippen LogP contribution in [-0.4, -0.2) is 9.13 Å². The summed E-state index contributed by atoms with van der Waals surface area (Å²) in [6.45, 7) is 0. The van der Waals surface area contributed by atoms with E-state index in [0.717, 1.165) is 33.5 Å². The van der Waals surface area contributed by atoms with Crippen LogP contribution in [0.1, 0.15) is 5.56 Å². The largest absolute Gasteiger partial charge is 0.309 e. The third-order valence-electron chi connectivity index (χ3n) is 12.0. The summed E-state index contributed by atoms with van der Waals surface area (Å²) in [5, 5.41) is 17.3. The number of thiophene rings is 1. The molecule has 0 saturated carbocycles. The van der Waals surface area contributed by atoms with E-state index in [-0.39, 0.29) is 0 Å². The number of benzene rings is 9. The molecule has 3 nitrogen and oxygen atoms in total. The Morgan fingerprint density at radius 2 is 0.864 bits per heavy atom. The Bertz CT molecular complexity index is 3670. The van der Waals surface area contributed by atoms with E-state index in [9.17, 15) is 5.26 Å². The predicted molar refractivity (Wildman–Crippen MR) is 249 cm³/mol. The fourth-order valence-corrected chi connectivity index (χ4v) is 10.4. The van der Waals surface area contributed by atoms with Gasteiger partial charge in [-0.25, -0.2) is 0 Å². The van der Waals surface area contributed by atoms with E-state index < -0.39 is 0 Å². The summed E-state index contributed by atoms with van der Waals surface area (Å²) in [4.78, 5) is 0. The van der Waals surface area contributed by atoms with Crippen LogP contribution in [0.2, 0.25) is 0 Å². The molecule has 0 saturated heterocycles. The first kappa shape index (κ1) is 33.4. The minimum absolute atomic E-state index is 0.642. The molecule has 0 N–H and O–H groups in total. The first-order valence-corrected chi connectivity index (χ1v) is 20.7. The Balaban J connectivity index is 0.984. The van der Waals surface area contributed by atoms with Gasteiger partial charge in [0, 0.05) is 53.1 Å². The molecule has 274 valence electrons. The van der Waals surface area contributed by atoms with Crippen molar-refractivity contribution >= 4 is 75.1 Å². The fraction of sp³-hybridized carbons (Fsp3) is 0. The molecule has 0 bridgehead atoms. The van der Waals surface area contributed by atoms with E-state index >= 15 is 0 Å². The van der Waals surface area contributed by atoms with E-state index in [4.69, 9.17) is 0 Å². The van der Waals surface area contributed by atoms with Gasteiger partial charge in [0.2, 0.25) is 0 Å². The number of hydrogen-bond acceptors (Lipinski definition) is 2. The second-order valence-corrected chi connectivity index (χ2v) is 16.3. The fourth-order valence-electron chi connectivity index (χ4n) is 9.20. The Morgan fingerprint density at radius 3 is 1.58 bits per heavy atom. The van der Waals surface area contributed by atoms with Gasteiger partial charge in [0.1, 0.15) is 0 Å². The zero-order valence-electron chi connectivity index (χ0n) is 31.8. The van der Waals surface area contributed by atoms with Gasteiger partial charge in [0.15, 0.2) is 0 Å². The summed E-state index contributed by atoms with van der Waals surface area (Å²) in [7, 11) is 0. The van der Waals surface area contributed by atoms with Gasteiger partial charge in [-0.15, -0.1) is 11.3 Å². The molecule has 0 atom stereocenters. The number of hydrogen-bond donors (Lipinski definition) is 0. The minimum Gasteiger partial charge on any atom is -0.309 e. The van der Waals surface area contributed by atoms with Crippen molar-refractivity contribution in [2.45, 2.75) is 0 Å². The quantitative estimate of drug-likeness (QED) is 0.172. The zero-order chi connectivity index (χ0) is 39.0. The van der Waals surface area contributed by atoms with E-state index in [1.807, 2.05) is 29.5 Å². The van der Waals surface area contributed by atoms with Crippen LogP contribution in [-0.2, 0) is 0 Å². The third kappa shape index (κ3) is 5.26. The molecule has 9 aromatic carbocycles. The monoisotopic (exact) mass is 767 g/mol. The van der Waals surface area contributed by atoms with Crippen molar-refractivity contribution in [2.24, 2.45) is 0 Å². The highest BCUT2D eigenvalue weighted by Gasteiger charge is 2.18. The molecular formula is C55H33N3S. The molecule has 4 heteroatoms. The Hall–Kier alpha value is -7.71. The van der Waals surface area contributed by atoms with Crippen LogP contribution in [0.5, 0.6) is 0 Å². The van der Waals surface area contributed by atoms with Gasteiger partial charge in [-0.1, -0.05) is 121 Å². The Kier molecular flexibility index (Phi) is 7.47. The van der Waals surface area contributed by atoms with Crippen molar-refractivity contribution in [3.8, 4) is 50.8 Å². The van der Waals surface area contributed by atoms with Crippen LogP contribution in [0.15, 0.2) is 200 Å². The van der Waals surface area contributed by atoms with Gasteiger partial charge in [-0.2, -0.15) is 5.26 Å². The number of aromatic nitrogens is 2. The standard InChI is InChI=1S/C55H33N3S/c56-34-35-10-8-13-42(30-35)58-52-28-25-39(32-48(52)49-33-40(26-29-53(49)58)43-16-9-17-46-45-15-5-7-19-54(45)59-55(43)46)37-22-20-36(21-23-37)38-24-27-51-47(31-38)44-14-4-6-18-50(44)57(51)41-11-2-1-3-12-41/h1-33H. The van der Waals surface area contributed by atoms with Crippen LogP contribution in [0.3, 0.4) is 0 Å². The molecule has 3 heterocycles. The molecule has 0 spiro atoms. The van der Waals surface area contributed by atoms with Gasteiger partial charge in [0.05, 0.1) is 33.7 Å². The summed E-state index contributed by atoms with van der Waals surface area (Å²) in [5.74, 6) is 0. The minimum atomic E-state index is 0.642. The molecule has 3 aromatic heterocycles. The molecule has 0 aliphatic rings. The van der Waals surface area contributed by atoms with Crippen molar-refractivity contribution in [3.63, 3.8) is 0 Å². The molecule has 12 aromatic rings. The number of rotatable bonds is 5. The number of fused-ring (bicyclic) bond motifs is 9. The van der Waals surface area contributed by atoms with Crippen molar-refractivity contribution in [1.29, 1.82) is 5.26 Å². The van der Waals surface area contributed by atoms with Crippen LogP contribution in [0.4, 0.5) is 0 Å². The maximum Gasteiger partial charge on any atom is 0.0992 e. The summed E-state index contributed by atoms with van der Waals surface area (Å²) < 4.78 is 7.27. The number of nitriles is 1. The first-order chi connectivity index (χ1) is 29.2. The van der Waals surface area contributed by atoms with Gasteiger partial charge < -0.3 is 9.13 Å². The summed E-state index contributed by atoms with van der Waals surface area (Å²) >= 11 is 1.86. The molecule has 0 unspecified atom stereocenters. The van der Waals surface area contributed by atoms with Crippen LogP contribution in [0, 0.1) is 11.3 Å². The van der Waals surface area contributed by atoms with Crippen molar-refractivity contribution in [2.75, 3.05) is 0 Å². The molecule has 12 rings (SSSR count). The summed E-state index contributed by atoms with van der Waals surface area (Å²) in [5.41, 5.74) is 14.5. The lowest BCUT2D eigenvalue weighted by atomic mass is 9.97. The first-order valence-electron chi connectivity index (χ1n) is 19.9. The zero-order valence-corrected chi connectivity index (χ0v) is 32.6. The number of nitrogens with zero attached hydrogens (tertiary/aromatic N) is 3. The summed E-state index contributed by atoms with van der Waals surface area (Å²) in [6, 6.07) is 74.4. The lowest BCUT2D eigenvalue weighted by molar-refractivity contribution is 1.18. The van der Waals surface area contributed by atoms with Gasteiger partial charge >= 0.3 is 0 Å². The van der Waals surface area contributed by atoms with Crippen molar-refractivity contribution < 1.29 is 0 Å². The van der Waals surface area contributed by atoms with E-state index in [1.165, 1.54) is 75.0 Å². The molecule has 0 aliphatic carbocycles. The highest BCUT2D eigenvalue weighted by Crippen LogP contribution is 2.43. The lowest BCUT2D eigenvalue weighted by Gasteiger charge is -2.10. The predicted octanol–water partition coefficient (Wildman–Crippen LogP) is 15.1. The maximum atomic E-state index is 9.82. The second-order valence-electron chi connectivity index (χ2n) is 15.2. The average molecular weight is 768 g/mol. The van der Waals surface area contributed by atoms with Crippen molar-refractivity contribution in [1.82, 2.24) is 9.13 Å².